The number of rotatable bonds is 6. The van der Waals surface area contributed by atoms with Crippen LogP contribution in [-0.4, -0.2) is 27.4 Å². The Morgan fingerprint density at radius 3 is 1.94 bits per heavy atom. The van der Waals surface area contributed by atoms with Crippen LogP contribution >= 0.6 is 11.6 Å². The number of benzene rings is 1. The summed E-state index contributed by atoms with van der Waals surface area (Å²) in [4.78, 5) is 0. The Bertz CT molecular complexity index is 316. The van der Waals surface area contributed by atoms with Crippen LogP contribution in [0.25, 0.3) is 0 Å². The molecule has 0 aliphatic heterocycles. The molecule has 0 spiro atoms. The average molecular weight is 247 g/mol. The molecular formula is C11H15ClO4. The van der Waals surface area contributed by atoms with E-state index in [2.05, 4.69) is 0 Å². The summed E-state index contributed by atoms with van der Waals surface area (Å²) >= 11 is 5.45. The van der Waals surface area contributed by atoms with Crippen molar-refractivity contribution in [3.63, 3.8) is 0 Å². The molecule has 0 saturated heterocycles. The predicted octanol–water partition coefficient (Wildman–Crippen LogP) is 2.43. The molecule has 5 heteroatoms. The van der Waals surface area contributed by atoms with Crippen LogP contribution in [0, 0.1) is 0 Å². The van der Waals surface area contributed by atoms with E-state index in [0.29, 0.717) is 23.9 Å². The molecule has 0 heterocycles. The van der Waals surface area contributed by atoms with E-state index in [9.17, 15) is 0 Å². The first-order valence-corrected chi connectivity index (χ1v) is 5.22. The normalized spacial score (nSPS) is 10.0. The average Bonchev–Trinajstić information content (AvgIpc) is 2.34. The first-order valence-electron chi connectivity index (χ1n) is 4.69. The molecule has 0 aromatic heterocycles. The van der Waals surface area contributed by atoms with Crippen molar-refractivity contribution in [1.82, 2.24) is 0 Å². The van der Waals surface area contributed by atoms with Gasteiger partial charge in [-0.15, -0.1) is 0 Å². The molecule has 1 aromatic rings. The van der Waals surface area contributed by atoms with Gasteiger partial charge in [-0.1, -0.05) is 11.6 Å². The second kappa shape index (κ2) is 6.45. The monoisotopic (exact) mass is 246 g/mol. The van der Waals surface area contributed by atoms with Crippen molar-refractivity contribution in [3.05, 3.63) is 17.7 Å². The first-order chi connectivity index (χ1) is 7.76. The molecule has 1 rings (SSSR count). The Kier molecular flexibility index (Phi) is 5.22. The molecule has 1 aromatic carbocycles. The smallest absolute Gasteiger partial charge is 0.203 e. The third-order valence-electron chi connectivity index (χ3n) is 2.07. The van der Waals surface area contributed by atoms with E-state index in [-0.39, 0.29) is 6.07 Å². The van der Waals surface area contributed by atoms with E-state index in [1.54, 1.807) is 21.3 Å². The zero-order valence-electron chi connectivity index (χ0n) is 9.58. The van der Waals surface area contributed by atoms with Gasteiger partial charge in [0.1, 0.15) is 6.07 Å². The summed E-state index contributed by atoms with van der Waals surface area (Å²) in [6.07, 6.45) is 0. The Morgan fingerprint density at radius 1 is 1.00 bits per heavy atom. The van der Waals surface area contributed by atoms with E-state index < -0.39 is 0 Å². The molecule has 0 N–H and O–H groups in total. The molecule has 0 fully saturated rings. The standard InChI is InChI=1S/C11H15ClO4/c1-13-9-4-8(6-16-7-12)5-10(14-2)11(9)15-3/h4-5H,6-7H2,1-3H3. The maximum Gasteiger partial charge on any atom is 0.203 e. The molecule has 90 valence electrons. The molecule has 16 heavy (non-hydrogen) atoms. The molecule has 0 aliphatic carbocycles. The highest BCUT2D eigenvalue weighted by molar-refractivity contribution is 6.17. The fourth-order valence-electron chi connectivity index (χ4n) is 1.38. The van der Waals surface area contributed by atoms with Crippen LogP contribution in [0.2, 0.25) is 0 Å². The predicted molar refractivity (Wildman–Crippen MR) is 61.6 cm³/mol. The summed E-state index contributed by atoms with van der Waals surface area (Å²) in [7, 11) is 4.71. The number of alkyl halides is 1. The molecule has 0 saturated carbocycles. The lowest BCUT2D eigenvalue weighted by Gasteiger charge is -2.13. The maximum atomic E-state index is 5.45. The zero-order valence-corrected chi connectivity index (χ0v) is 10.3. The second-order valence-electron chi connectivity index (χ2n) is 2.99. The number of ether oxygens (including phenoxy) is 4. The highest BCUT2D eigenvalue weighted by Crippen LogP contribution is 2.38. The van der Waals surface area contributed by atoms with Gasteiger partial charge in [-0.2, -0.15) is 0 Å². The van der Waals surface area contributed by atoms with Crippen molar-refractivity contribution >= 4 is 11.6 Å². The van der Waals surface area contributed by atoms with E-state index in [1.807, 2.05) is 12.1 Å². The van der Waals surface area contributed by atoms with E-state index in [1.165, 1.54) is 0 Å². The van der Waals surface area contributed by atoms with Crippen molar-refractivity contribution in [3.8, 4) is 17.2 Å². The molecule has 0 amide bonds. The molecule has 4 nitrogen and oxygen atoms in total. The molecule has 0 unspecified atom stereocenters. The van der Waals surface area contributed by atoms with Gasteiger partial charge in [0.25, 0.3) is 0 Å². The quantitative estimate of drug-likeness (QED) is 0.723. The van der Waals surface area contributed by atoms with Gasteiger partial charge in [0.05, 0.1) is 27.9 Å². The van der Waals surface area contributed by atoms with Crippen molar-refractivity contribution in [2.75, 3.05) is 27.4 Å². The van der Waals surface area contributed by atoms with Crippen LogP contribution < -0.4 is 14.2 Å². The van der Waals surface area contributed by atoms with Gasteiger partial charge in [-0.25, -0.2) is 0 Å². The summed E-state index contributed by atoms with van der Waals surface area (Å²) in [5.41, 5.74) is 0.912. The van der Waals surface area contributed by atoms with Crippen LogP contribution in [0.3, 0.4) is 0 Å². The lowest BCUT2D eigenvalue weighted by molar-refractivity contribution is 0.165. The number of halogens is 1. The van der Waals surface area contributed by atoms with Gasteiger partial charge in [-0.3, -0.25) is 0 Å². The second-order valence-corrected chi connectivity index (χ2v) is 3.21. The topological polar surface area (TPSA) is 36.9 Å². The maximum absolute atomic E-state index is 5.45. The van der Waals surface area contributed by atoms with Crippen LogP contribution in [0.4, 0.5) is 0 Å². The molecule has 0 atom stereocenters. The number of methoxy groups -OCH3 is 3. The van der Waals surface area contributed by atoms with Gasteiger partial charge in [-0.05, 0) is 17.7 Å². The van der Waals surface area contributed by atoms with E-state index in [0.717, 1.165) is 5.56 Å². The van der Waals surface area contributed by atoms with E-state index >= 15 is 0 Å². The highest BCUT2D eigenvalue weighted by Gasteiger charge is 2.12. The lowest BCUT2D eigenvalue weighted by Crippen LogP contribution is -1.98. The highest BCUT2D eigenvalue weighted by atomic mass is 35.5. The van der Waals surface area contributed by atoms with Gasteiger partial charge in [0.15, 0.2) is 11.5 Å². The van der Waals surface area contributed by atoms with Crippen LogP contribution in [0.5, 0.6) is 17.2 Å². The SMILES string of the molecule is COc1cc(COCCl)cc(OC)c1OC. The van der Waals surface area contributed by atoms with Crippen molar-refractivity contribution < 1.29 is 18.9 Å². The van der Waals surface area contributed by atoms with Gasteiger partial charge >= 0.3 is 0 Å². The minimum absolute atomic E-state index is 0.149. The fraction of sp³-hybridized carbons (Fsp3) is 0.455. The summed E-state index contributed by atoms with van der Waals surface area (Å²) in [6, 6.07) is 3.80. The molecule has 0 radical (unpaired) electrons. The van der Waals surface area contributed by atoms with E-state index in [4.69, 9.17) is 30.5 Å². The number of hydrogen-bond acceptors (Lipinski definition) is 4. The Hall–Kier alpha value is -1.13. The van der Waals surface area contributed by atoms with Gasteiger partial charge < -0.3 is 18.9 Å². The third kappa shape index (κ3) is 2.93. The zero-order chi connectivity index (χ0) is 12.0. The molecular weight excluding hydrogens is 232 g/mol. The Labute approximate surface area is 100 Å². The van der Waals surface area contributed by atoms with Gasteiger partial charge in [0, 0.05) is 0 Å². The fourth-order valence-corrected chi connectivity index (χ4v) is 1.45. The van der Waals surface area contributed by atoms with Crippen molar-refractivity contribution in [2.45, 2.75) is 6.61 Å². The summed E-state index contributed by atoms with van der Waals surface area (Å²) in [5.74, 6) is 1.78. The molecule has 0 aliphatic rings. The lowest BCUT2D eigenvalue weighted by atomic mass is 10.2. The Morgan fingerprint density at radius 2 is 1.56 bits per heavy atom. The summed E-state index contributed by atoms with van der Waals surface area (Å²) in [5, 5.41) is 0. The van der Waals surface area contributed by atoms with Crippen molar-refractivity contribution in [1.29, 1.82) is 0 Å². The first kappa shape index (κ1) is 12.9. The van der Waals surface area contributed by atoms with Gasteiger partial charge in [0.2, 0.25) is 5.75 Å². The third-order valence-corrected chi connectivity index (χ3v) is 2.22. The molecule has 0 bridgehead atoms. The minimum Gasteiger partial charge on any atom is -0.493 e. The number of hydrogen-bond donors (Lipinski definition) is 0. The van der Waals surface area contributed by atoms with Crippen LogP contribution in [0.15, 0.2) is 12.1 Å². The summed E-state index contributed by atoms with van der Waals surface area (Å²) < 4.78 is 20.7. The van der Waals surface area contributed by atoms with Crippen LogP contribution in [-0.2, 0) is 11.3 Å². The minimum atomic E-state index is 0.149. The largest absolute Gasteiger partial charge is 0.493 e. The Balaban J connectivity index is 3.05. The van der Waals surface area contributed by atoms with Crippen LogP contribution in [0.1, 0.15) is 5.56 Å². The summed E-state index contributed by atoms with van der Waals surface area (Å²) in [6.45, 7) is 0.403. The van der Waals surface area contributed by atoms with Crippen molar-refractivity contribution in [2.24, 2.45) is 0 Å².